The number of halogens is 1. The van der Waals surface area contributed by atoms with Crippen LogP contribution in [0.3, 0.4) is 0 Å². The fourth-order valence-electron chi connectivity index (χ4n) is 1.87. The highest BCUT2D eigenvalue weighted by Gasteiger charge is 2.39. The van der Waals surface area contributed by atoms with Gasteiger partial charge in [0, 0.05) is 17.3 Å². The van der Waals surface area contributed by atoms with Crippen LogP contribution in [0.4, 0.5) is 0 Å². The lowest BCUT2D eigenvalue weighted by molar-refractivity contribution is -0.184. The number of rotatable bonds is 7. The Balaban J connectivity index is 1.95. The van der Waals surface area contributed by atoms with Gasteiger partial charge in [-0.3, -0.25) is 0 Å². The Kier molecular flexibility index (Phi) is 5.27. The summed E-state index contributed by atoms with van der Waals surface area (Å²) in [4.78, 5) is 17.1. The van der Waals surface area contributed by atoms with E-state index in [4.69, 9.17) is 25.1 Å². The normalized spacial score (nSPS) is 18.9. The summed E-state index contributed by atoms with van der Waals surface area (Å²) in [7, 11) is 1.48. The quantitative estimate of drug-likeness (QED) is 0.563. The molecule has 0 heterocycles. The fraction of sp³-hybridized carbons (Fsp3) is 0.462. The van der Waals surface area contributed by atoms with Crippen molar-refractivity contribution in [2.75, 3.05) is 7.11 Å². The van der Waals surface area contributed by atoms with E-state index in [2.05, 4.69) is 0 Å². The predicted molar refractivity (Wildman–Crippen MR) is 78.0 cm³/mol. The van der Waals surface area contributed by atoms with Gasteiger partial charge >= 0.3 is 12.9 Å². The van der Waals surface area contributed by atoms with Crippen LogP contribution in [0.15, 0.2) is 30.3 Å². The summed E-state index contributed by atoms with van der Waals surface area (Å²) in [6.07, 6.45) is 1.90. The fourth-order valence-corrected chi connectivity index (χ4v) is 3.09. The average molecular weight is 334 g/mol. The highest BCUT2D eigenvalue weighted by molar-refractivity contribution is 7.82. The van der Waals surface area contributed by atoms with Crippen LogP contribution < -0.4 is 4.52 Å². The molecule has 6 nitrogen and oxygen atoms in total. The van der Waals surface area contributed by atoms with Crippen molar-refractivity contribution in [2.45, 2.75) is 31.8 Å². The summed E-state index contributed by atoms with van der Waals surface area (Å²) in [5.41, 5.74) is 0. The summed E-state index contributed by atoms with van der Waals surface area (Å²) in [6.45, 7) is -2.44. The molecule has 116 valence electrons. The van der Waals surface area contributed by atoms with Crippen molar-refractivity contribution in [1.29, 1.82) is 0 Å². The summed E-state index contributed by atoms with van der Waals surface area (Å²) < 4.78 is 21.9. The standard InChI is InChI=1S/C13H17ClNO5P/c1-10(15(18-2)11-8-9-11)13(16)20-21(14,17)19-12-6-4-3-5-7-12/h3-7,10-11H,8-9H2,1-2H3/t10-,21?/m0/s1. The first kappa shape index (κ1) is 16.3. The minimum atomic E-state index is -4.04. The molecule has 0 aromatic heterocycles. The van der Waals surface area contributed by atoms with Crippen LogP contribution in [0.1, 0.15) is 19.8 Å². The zero-order valence-electron chi connectivity index (χ0n) is 11.8. The Hall–Kier alpha value is -1.07. The van der Waals surface area contributed by atoms with E-state index >= 15 is 0 Å². The van der Waals surface area contributed by atoms with Gasteiger partial charge in [-0.1, -0.05) is 18.2 Å². The molecule has 8 heteroatoms. The van der Waals surface area contributed by atoms with Gasteiger partial charge in [0.05, 0.1) is 7.11 Å². The molecular formula is C13H17ClNO5P. The molecule has 2 atom stereocenters. The average Bonchev–Trinajstić information content (AvgIpc) is 3.24. The summed E-state index contributed by atoms with van der Waals surface area (Å²) >= 11 is 5.68. The zero-order valence-corrected chi connectivity index (χ0v) is 13.4. The summed E-state index contributed by atoms with van der Waals surface area (Å²) in [5, 5.41) is 1.52. The van der Waals surface area contributed by atoms with Gasteiger partial charge in [0.1, 0.15) is 11.8 Å². The van der Waals surface area contributed by atoms with Crippen LogP contribution >= 0.6 is 18.2 Å². The van der Waals surface area contributed by atoms with Crippen LogP contribution in [-0.4, -0.2) is 30.2 Å². The molecule has 1 aliphatic rings. The van der Waals surface area contributed by atoms with E-state index in [1.165, 1.54) is 12.2 Å². The lowest BCUT2D eigenvalue weighted by Crippen LogP contribution is -2.40. The van der Waals surface area contributed by atoms with Crippen LogP contribution in [0.2, 0.25) is 0 Å². The van der Waals surface area contributed by atoms with Crippen LogP contribution in [0.25, 0.3) is 0 Å². The number of carbonyl (C=O) groups is 1. The maximum atomic E-state index is 12.0. The first-order valence-corrected chi connectivity index (χ1v) is 8.98. The maximum absolute atomic E-state index is 12.0. The largest absolute Gasteiger partial charge is 0.532 e. The van der Waals surface area contributed by atoms with Crippen LogP contribution in [0.5, 0.6) is 5.75 Å². The smallest absolute Gasteiger partial charge is 0.405 e. The maximum Gasteiger partial charge on any atom is 0.532 e. The summed E-state index contributed by atoms with van der Waals surface area (Å²) in [6, 6.07) is 7.76. The Morgan fingerprint density at radius 3 is 2.52 bits per heavy atom. The van der Waals surface area contributed by atoms with Gasteiger partial charge < -0.3 is 13.9 Å². The molecule has 1 saturated carbocycles. The van der Waals surface area contributed by atoms with E-state index in [0.29, 0.717) is 0 Å². The predicted octanol–water partition coefficient (Wildman–Crippen LogP) is 3.37. The molecule has 1 unspecified atom stereocenters. The Morgan fingerprint density at radius 1 is 1.38 bits per heavy atom. The van der Waals surface area contributed by atoms with Crippen molar-refractivity contribution in [1.82, 2.24) is 5.06 Å². The van der Waals surface area contributed by atoms with E-state index < -0.39 is 19.0 Å². The number of para-hydroxylation sites is 1. The highest BCUT2D eigenvalue weighted by atomic mass is 35.7. The molecule has 0 bridgehead atoms. The third-order valence-electron chi connectivity index (χ3n) is 3.00. The van der Waals surface area contributed by atoms with E-state index in [-0.39, 0.29) is 11.8 Å². The van der Waals surface area contributed by atoms with Gasteiger partial charge in [-0.25, -0.2) is 9.36 Å². The zero-order chi connectivity index (χ0) is 15.5. The SMILES string of the molecule is CON(C1CC1)[C@@H](C)C(=O)OP(=O)(Cl)Oc1ccccc1. The second-order valence-corrected chi connectivity index (χ2v) is 7.16. The Bertz CT molecular complexity index is 537. The van der Waals surface area contributed by atoms with Gasteiger partial charge in [0.25, 0.3) is 0 Å². The molecule has 1 aromatic rings. The van der Waals surface area contributed by atoms with E-state index in [1.807, 2.05) is 0 Å². The Labute approximate surface area is 128 Å². The highest BCUT2D eigenvalue weighted by Crippen LogP contribution is 2.53. The van der Waals surface area contributed by atoms with Crippen molar-refractivity contribution in [2.24, 2.45) is 0 Å². The molecule has 0 saturated heterocycles. The first-order chi connectivity index (χ1) is 9.93. The van der Waals surface area contributed by atoms with Crippen molar-refractivity contribution in [3.63, 3.8) is 0 Å². The summed E-state index contributed by atoms with van der Waals surface area (Å²) in [5.74, 6) is -0.486. The molecule has 0 amide bonds. The second-order valence-electron chi connectivity index (χ2n) is 4.69. The minimum absolute atomic E-state index is 0.183. The minimum Gasteiger partial charge on any atom is -0.405 e. The van der Waals surface area contributed by atoms with E-state index in [9.17, 15) is 9.36 Å². The van der Waals surface area contributed by atoms with Crippen molar-refractivity contribution in [3.05, 3.63) is 30.3 Å². The van der Waals surface area contributed by atoms with Crippen LogP contribution in [-0.2, 0) is 18.7 Å². The Morgan fingerprint density at radius 2 is 2.00 bits per heavy atom. The lowest BCUT2D eigenvalue weighted by Gasteiger charge is -2.25. The number of hydroxylamine groups is 2. The molecule has 0 radical (unpaired) electrons. The van der Waals surface area contributed by atoms with Gasteiger partial charge in [-0.05, 0) is 31.9 Å². The molecule has 21 heavy (non-hydrogen) atoms. The number of carbonyl (C=O) groups excluding carboxylic acids is 1. The third-order valence-corrected chi connectivity index (χ3v) is 4.24. The molecule has 2 rings (SSSR count). The topological polar surface area (TPSA) is 65.1 Å². The monoisotopic (exact) mass is 333 g/mol. The third kappa shape index (κ3) is 4.71. The molecular weight excluding hydrogens is 317 g/mol. The number of benzene rings is 1. The molecule has 0 spiro atoms. The van der Waals surface area contributed by atoms with Crippen LogP contribution in [0, 0.1) is 0 Å². The van der Waals surface area contributed by atoms with E-state index in [0.717, 1.165) is 12.8 Å². The number of hydrogen-bond acceptors (Lipinski definition) is 6. The molecule has 0 N–H and O–H groups in total. The molecule has 0 aliphatic heterocycles. The van der Waals surface area contributed by atoms with Gasteiger partial charge in [0.2, 0.25) is 0 Å². The van der Waals surface area contributed by atoms with Crippen molar-refractivity contribution in [3.8, 4) is 5.75 Å². The van der Waals surface area contributed by atoms with Gasteiger partial charge in [-0.2, -0.15) is 5.06 Å². The van der Waals surface area contributed by atoms with Crippen molar-refractivity contribution >= 4 is 24.2 Å². The second kappa shape index (κ2) is 6.79. The van der Waals surface area contributed by atoms with Crippen molar-refractivity contribution < 1.29 is 23.2 Å². The molecule has 1 aromatic carbocycles. The van der Waals surface area contributed by atoms with Gasteiger partial charge in [-0.15, -0.1) is 0 Å². The van der Waals surface area contributed by atoms with Gasteiger partial charge in [0.15, 0.2) is 0 Å². The lowest BCUT2D eigenvalue weighted by atomic mass is 10.3. The molecule has 1 aliphatic carbocycles. The first-order valence-electron chi connectivity index (χ1n) is 6.53. The number of nitrogens with zero attached hydrogens (tertiary/aromatic N) is 1. The number of hydrogen-bond donors (Lipinski definition) is 0. The molecule has 1 fully saturated rings. The van der Waals surface area contributed by atoms with E-state index in [1.54, 1.807) is 37.3 Å².